The van der Waals surface area contributed by atoms with Crippen molar-refractivity contribution in [2.75, 3.05) is 0 Å². The van der Waals surface area contributed by atoms with Gasteiger partial charge in [0.05, 0.1) is 46.8 Å². The maximum Gasteiger partial charge on any atom is 0.278 e. The predicted molar refractivity (Wildman–Crippen MR) is 104 cm³/mol. The number of aromatic amines is 1. The van der Waals surface area contributed by atoms with Gasteiger partial charge in [-0.25, -0.2) is 14.5 Å². The van der Waals surface area contributed by atoms with E-state index < -0.39 is 0 Å². The fourth-order valence-electron chi connectivity index (χ4n) is 3.45. The molecule has 0 saturated heterocycles. The van der Waals surface area contributed by atoms with E-state index in [2.05, 4.69) is 15.1 Å². The monoisotopic (exact) mass is 392 g/mol. The molecule has 0 fully saturated rings. The van der Waals surface area contributed by atoms with Gasteiger partial charge in [-0.15, -0.1) is 11.3 Å². The van der Waals surface area contributed by atoms with E-state index in [-0.39, 0.29) is 30.2 Å². The van der Waals surface area contributed by atoms with Crippen molar-refractivity contribution < 1.29 is 4.79 Å². The molecule has 1 N–H and O–H groups in total. The molecule has 28 heavy (non-hydrogen) atoms. The van der Waals surface area contributed by atoms with Gasteiger partial charge in [0, 0.05) is 11.8 Å². The van der Waals surface area contributed by atoms with Crippen LogP contribution in [-0.4, -0.2) is 35.4 Å². The first-order valence-electron chi connectivity index (χ1n) is 8.78. The van der Waals surface area contributed by atoms with Crippen LogP contribution >= 0.6 is 11.3 Å². The largest absolute Gasteiger partial charge is 0.327 e. The summed E-state index contributed by atoms with van der Waals surface area (Å²) < 4.78 is 1.48. The zero-order valence-corrected chi connectivity index (χ0v) is 16.1. The highest BCUT2D eigenvalue weighted by Gasteiger charge is 2.30. The molecule has 0 aromatic carbocycles. The van der Waals surface area contributed by atoms with E-state index in [0.29, 0.717) is 16.9 Å². The zero-order valence-electron chi connectivity index (χ0n) is 15.3. The van der Waals surface area contributed by atoms with Crippen molar-refractivity contribution in [3.05, 3.63) is 68.5 Å². The summed E-state index contributed by atoms with van der Waals surface area (Å²) in [5.41, 5.74) is 4.41. The number of aryl methyl sites for hydroxylation is 2. The lowest BCUT2D eigenvalue weighted by Gasteiger charge is -2.13. The highest BCUT2D eigenvalue weighted by molar-refractivity contribution is 7.13. The molecule has 4 aromatic rings. The number of amides is 1. The molecule has 0 bridgehead atoms. The summed E-state index contributed by atoms with van der Waals surface area (Å²) >= 11 is 1.60. The molecular formula is C19H16N6O2S. The van der Waals surface area contributed by atoms with Crippen LogP contribution in [0.25, 0.3) is 16.2 Å². The van der Waals surface area contributed by atoms with Gasteiger partial charge in [-0.3, -0.25) is 19.7 Å². The summed E-state index contributed by atoms with van der Waals surface area (Å²) in [5, 5.41) is 5.17. The van der Waals surface area contributed by atoms with Crippen LogP contribution in [0, 0.1) is 13.8 Å². The van der Waals surface area contributed by atoms with Gasteiger partial charge in [-0.2, -0.15) is 0 Å². The average molecular weight is 392 g/mol. The molecule has 9 heteroatoms. The van der Waals surface area contributed by atoms with Gasteiger partial charge in [-0.05, 0) is 25.3 Å². The smallest absolute Gasteiger partial charge is 0.278 e. The van der Waals surface area contributed by atoms with E-state index in [9.17, 15) is 9.59 Å². The standard InChI is InChI=1S/C19H16N6O2S/c1-10-6-21-13(7-20-10)19(27)24-8-12-14(9-24)22-17-11(2)16(15-4-3-5-28-15)23-25(17)18(12)26/h3-7,23H,8-9H2,1-2H3. The first kappa shape index (κ1) is 16.8. The van der Waals surface area contributed by atoms with Crippen molar-refractivity contribution in [3.63, 3.8) is 0 Å². The first-order valence-corrected chi connectivity index (χ1v) is 9.66. The molecule has 5 heterocycles. The highest BCUT2D eigenvalue weighted by atomic mass is 32.1. The summed E-state index contributed by atoms with van der Waals surface area (Å²) in [6.07, 6.45) is 3.02. The number of carbonyl (C=O) groups excluding carboxylic acids is 1. The number of nitrogens with zero attached hydrogens (tertiary/aromatic N) is 5. The molecule has 0 radical (unpaired) electrons. The number of H-pyrrole nitrogens is 1. The van der Waals surface area contributed by atoms with Crippen LogP contribution in [0.2, 0.25) is 0 Å². The lowest BCUT2D eigenvalue weighted by atomic mass is 10.2. The summed E-state index contributed by atoms with van der Waals surface area (Å²) in [4.78, 5) is 41.4. The van der Waals surface area contributed by atoms with Crippen LogP contribution in [0.5, 0.6) is 0 Å². The maximum absolute atomic E-state index is 13.0. The molecule has 5 rings (SSSR count). The molecule has 1 amide bonds. The highest BCUT2D eigenvalue weighted by Crippen LogP contribution is 2.29. The Labute approximate surface area is 163 Å². The molecular weight excluding hydrogens is 376 g/mol. The second kappa shape index (κ2) is 6.10. The van der Waals surface area contributed by atoms with Crippen molar-refractivity contribution in [2.24, 2.45) is 0 Å². The Morgan fingerprint density at radius 1 is 1.21 bits per heavy atom. The van der Waals surface area contributed by atoms with Crippen molar-refractivity contribution in [2.45, 2.75) is 26.9 Å². The fourth-order valence-corrected chi connectivity index (χ4v) is 4.23. The van der Waals surface area contributed by atoms with E-state index >= 15 is 0 Å². The third-order valence-corrected chi connectivity index (χ3v) is 5.83. The Bertz CT molecular complexity index is 1270. The number of fused-ring (bicyclic) bond motifs is 2. The molecule has 140 valence electrons. The van der Waals surface area contributed by atoms with E-state index in [1.807, 2.05) is 31.4 Å². The minimum absolute atomic E-state index is 0.170. The quantitative estimate of drug-likeness (QED) is 0.565. The van der Waals surface area contributed by atoms with Crippen molar-refractivity contribution in [1.29, 1.82) is 0 Å². The normalized spacial score (nSPS) is 13.3. The number of thiophene rings is 1. The minimum Gasteiger partial charge on any atom is -0.327 e. The number of rotatable bonds is 2. The van der Waals surface area contributed by atoms with Gasteiger partial charge in [0.1, 0.15) is 5.69 Å². The lowest BCUT2D eigenvalue weighted by molar-refractivity contribution is 0.0743. The SMILES string of the molecule is Cc1cnc(C(=O)N2Cc3nc4c(C)c(-c5cccs5)[nH]n4c(=O)c3C2)cn1. The van der Waals surface area contributed by atoms with Crippen LogP contribution in [0.3, 0.4) is 0 Å². The van der Waals surface area contributed by atoms with Gasteiger partial charge in [0.25, 0.3) is 11.5 Å². The Balaban J connectivity index is 1.54. The van der Waals surface area contributed by atoms with Gasteiger partial charge >= 0.3 is 0 Å². The van der Waals surface area contributed by atoms with E-state index in [1.165, 1.54) is 10.7 Å². The molecule has 4 aromatic heterocycles. The number of aromatic nitrogens is 5. The van der Waals surface area contributed by atoms with Crippen LogP contribution in [0.1, 0.15) is 33.0 Å². The van der Waals surface area contributed by atoms with Crippen LogP contribution in [-0.2, 0) is 13.1 Å². The summed E-state index contributed by atoms with van der Waals surface area (Å²) in [6, 6.07) is 3.97. The van der Waals surface area contributed by atoms with Gasteiger partial charge in [-0.1, -0.05) is 6.07 Å². The molecule has 8 nitrogen and oxygen atoms in total. The van der Waals surface area contributed by atoms with Crippen LogP contribution in [0.4, 0.5) is 0 Å². The molecule has 0 atom stereocenters. The number of hydrogen-bond donors (Lipinski definition) is 1. The molecule has 0 spiro atoms. The van der Waals surface area contributed by atoms with Gasteiger partial charge < -0.3 is 4.90 Å². The molecule has 1 aliphatic rings. The zero-order chi connectivity index (χ0) is 19.4. The van der Waals surface area contributed by atoms with Crippen LogP contribution in [0.15, 0.2) is 34.7 Å². The third-order valence-electron chi connectivity index (χ3n) is 4.94. The number of carbonyl (C=O) groups is 1. The second-order valence-electron chi connectivity index (χ2n) is 6.79. The van der Waals surface area contributed by atoms with E-state index in [1.54, 1.807) is 22.4 Å². The minimum atomic E-state index is -0.255. The van der Waals surface area contributed by atoms with Crippen LogP contribution < -0.4 is 5.56 Å². The van der Waals surface area contributed by atoms with E-state index in [4.69, 9.17) is 4.98 Å². The number of hydrogen-bond acceptors (Lipinski definition) is 6. The van der Waals surface area contributed by atoms with Gasteiger partial charge in [0.15, 0.2) is 5.65 Å². The summed E-state index contributed by atoms with van der Waals surface area (Å²) in [7, 11) is 0. The topological polar surface area (TPSA) is 96.3 Å². The molecule has 1 aliphatic heterocycles. The molecule has 0 aliphatic carbocycles. The first-order chi connectivity index (χ1) is 13.5. The Morgan fingerprint density at radius 3 is 2.79 bits per heavy atom. The summed E-state index contributed by atoms with van der Waals surface area (Å²) in [6.45, 7) is 4.26. The Hall–Kier alpha value is -3.33. The van der Waals surface area contributed by atoms with Crippen molar-refractivity contribution in [1.82, 2.24) is 29.5 Å². The Kier molecular flexibility index (Phi) is 3.66. The molecule has 0 unspecified atom stereocenters. The molecule has 0 saturated carbocycles. The van der Waals surface area contributed by atoms with E-state index in [0.717, 1.165) is 21.8 Å². The third kappa shape index (κ3) is 2.47. The fraction of sp³-hybridized carbons (Fsp3) is 0.211. The maximum atomic E-state index is 13.0. The van der Waals surface area contributed by atoms with Gasteiger partial charge in [0.2, 0.25) is 0 Å². The van der Waals surface area contributed by atoms with Crippen molar-refractivity contribution in [3.8, 4) is 10.6 Å². The average Bonchev–Trinajstić information content (AvgIpc) is 3.42. The van der Waals surface area contributed by atoms with Crippen molar-refractivity contribution >= 4 is 22.9 Å². The Morgan fingerprint density at radius 2 is 2.07 bits per heavy atom. The lowest BCUT2D eigenvalue weighted by Crippen LogP contribution is -2.27. The second-order valence-corrected chi connectivity index (χ2v) is 7.74. The summed E-state index contributed by atoms with van der Waals surface area (Å²) in [5.74, 6) is -0.255. The number of nitrogens with one attached hydrogen (secondary N) is 1. The predicted octanol–water partition coefficient (Wildman–Crippen LogP) is 2.31.